The molecule has 2 amide bonds. The molecule has 1 aliphatic rings. The normalized spacial score (nSPS) is 13.7. The number of benzene rings is 2. The Balaban J connectivity index is 1.55. The van der Waals surface area contributed by atoms with E-state index in [0.717, 1.165) is 25.9 Å². The minimum absolute atomic E-state index is 0.0242. The fourth-order valence-corrected chi connectivity index (χ4v) is 2.91. The molecule has 1 fully saturated rings. The number of likely N-dealkylation sites (tertiary alicyclic amines) is 1. The number of amides is 2. The van der Waals surface area contributed by atoms with Gasteiger partial charge in [0.2, 0.25) is 0 Å². The summed E-state index contributed by atoms with van der Waals surface area (Å²) < 4.78 is 0. The van der Waals surface area contributed by atoms with Crippen LogP contribution in [0.3, 0.4) is 0 Å². The highest BCUT2D eigenvalue weighted by Gasteiger charge is 2.17. The van der Waals surface area contributed by atoms with Gasteiger partial charge in [0.05, 0.1) is 10.6 Å². The van der Waals surface area contributed by atoms with Crippen LogP contribution >= 0.6 is 0 Å². The van der Waals surface area contributed by atoms with E-state index in [1.54, 1.807) is 24.3 Å². The van der Waals surface area contributed by atoms with E-state index in [-0.39, 0.29) is 11.6 Å². The zero-order chi connectivity index (χ0) is 19.2. The second kappa shape index (κ2) is 8.31. The number of nitro benzene ring substituents is 1. The molecule has 0 radical (unpaired) electrons. The number of nitrogens with zero attached hydrogens (tertiary/aromatic N) is 2. The second-order valence-corrected chi connectivity index (χ2v) is 6.31. The molecule has 8 heteroatoms. The van der Waals surface area contributed by atoms with Crippen molar-refractivity contribution >= 4 is 23.2 Å². The SMILES string of the molecule is O=C(NNc1ccc(C(=O)N2CCCCC2)cc1)c1ccc([N+](=O)[O-])cc1. The van der Waals surface area contributed by atoms with E-state index in [2.05, 4.69) is 10.9 Å². The number of nitrogens with one attached hydrogen (secondary N) is 2. The van der Waals surface area contributed by atoms with Gasteiger partial charge in [-0.2, -0.15) is 0 Å². The lowest BCUT2D eigenvalue weighted by Crippen LogP contribution is -2.35. The molecule has 0 bridgehead atoms. The average Bonchev–Trinajstić information content (AvgIpc) is 2.72. The summed E-state index contributed by atoms with van der Waals surface area (Å²) in [6.07, 6.45) is 3.25. The Kier molecular flexibility index (Phi) is 5.65. The van der Waals surface area contributed by atoms with Gasteiger partial charge in [0.25, 0.3) is 17.5 Å². The minimum atomic E-state index is -0.521. The molecule has 27 heavy (non-hydrogen) atoms. The second-order valence-electron chi connectivity index (χ2n) is 6.31. The van der Waals surface area contributed by atoms with Gasteiger partial charge in [0, 0.05) is 36.3 Å². The molecular weight excluding hydrogens is 348 g/mol. The summed E-state index contributed by atoms with van der Waals surface area (Å²) in [5.41, 5.74) is 6.75. The van der Waals surface area contributed by atoms with Gasteiger partial charge >= 0.3 is 0 Å². The molecule has 0 atom stereocenters. The maximum atomic E-state index is 12.4. The molecule has 2 aromatic rings. The summed E-state index contributed by atoms with van der Waals surface area (Å²) >= 11 is 0. The maximum absolute atomic E-state index is 12.4. The van der Waals surface area contributed by atoms with Crippen molar-refractivity contribution in [1.29, 1.82) is 0 Å². The van der Waals surface area contributed by atoms with Crippen LogP contribution in [0.4, 0.5) is 11.4 Å². The Bertz CT molecular complexity index is 828. The highest BCUT2D eigenvalue weighted by Crippen LogP contribution is 2.16. The highest BCUT2D eigenvalue weighted by atomic mass is 16.6. The number of piperidine rings is 1. The molecule has 3 rings (SSSR count). The molecule has 8 nitrogen and oxygen atoms in total. The van der Waals surface area contributed by atoms with Crippen LogP contribution in [0.1, 0.15) is 40.0 Å². The van der Waals surface area contributed by atoms with E-state index in [9.17, 15) is 19.7 Å². The van der Waals surface area contributed by atoms with Crippen LogP contribution in [-0.4, -0.2) is 34.7 Å². The number of nitro groups is 1. The lowest BCUT2D eigenvalue weighted by molar-refractivity contribution is -0.384. The van der Waals surface area contributed by atoms with Crippen molar-refractivity contribution in [3.63, 3.8) is 0 Å². The molecule has 0 spiro atoms. The van der Waals surface area contributed by atoms with Gasteiger partial charge in [-0.15, -0.1) is 0 Å². The van der Waals surface area contributed by atoms with Gasteiger partial charge < -0.3 is 4.90 Å². The Labute approximate surface area is 156 Å². The fourth-order valence-electron chi connectivity index (χ4n) is 2.91. The van der Waals surface area contributed by atoms with Crippen LogP contribution in [0.15, 0.2) is 48.5 Å². The first-order valence-electron chi connectivity index (χ1n) is 8.75. The predicted octanol–water partition coefficient (Wildman–Crippen LogP) is 2.98. The lowest BCUT2D eigenvalue weighted by Gasteiger charge is -2.26. The average molecular weight is 368 g/mol. The lowest BCUT2D eigenvalue weighted by atomic mass is 10.1. The van der Waals surface area contributed by atoms with Crippen molar-refractivity contribution in [2.75, 3.05) is 18.5 Å². The van der Waals surface area contributed by atoms with E-state index in [4.69, 9.17) is 0 Å². The van der Waals surface area contributed by atoms with Gasteiger partial charge in [0.15, 0.2) is 0 Å². The zero-order valence-corrected chi connectivity index (χ0v) is 14.7. The first-order valence-corrected chi connectivity index (χ1v) is 8.75. The third-order valence-electron chi connectivity index (χ3n) is 4.44. The number of carbonyl (C=O) groups excluding carboxylic acids is 2. The third kappa shape index (κ3) is 4.60. The van der Waals surface area contributed by atoms with Crippen LogP contribution in [0.2, 0.25) is 0 Å². The van der Waals surface area contributed by atoms with Crippen LogP contribution in [0, 0.1) is 10.1 Å². The summed E-state index contributed by atoms with van der Waals surface area (Å²) in [5.74, 6) is -0.394. The number of non-ortho nitro benzene ring substituents is 1. The Morgan fingerprint density at radius 1 is 0.889 bits per heavy atom. The number of rotatable bonds is 5. The number of carbonyl (C=O) groups is 2. The van der Waals surface area contributed by atoms with E-state index < -0.39 is 10.8 Å². The summed E-state index contributed by atoms with van der Waals surface area (Å²) in [4.78, 5) is 36.5. The number of hydrogen-bond acceptors (Lipinski definition) is 5. The van der Waals surface area contributed by atoms with E-state index in [1.807, 2.05) is 4.90 Å². The molecule has 1 heterocycles. The van der Waals surface area contributed by atoms with E-state index >= 15 is 0 Å². The zero-order valence-electron chi connectivity index (χ0n) is 14.7. The maximum Gasteiger partial charge on any atom is 0.269 e. The molecule has 140 valence electrons. The largest absolute Gasteiger partial charge is 0.339 e. The van der Waals surface area contributed by atoms with Crippen molar-refractivity contribution in [1.82, 2.24) is 10.3 Å². The van der Waals surface area contributed by atoms with Crippen LogP contribution in [0.25, 0.3) is 0 Å². The summed E-state index contributed by atoms with van der Waals surface area (Å²) in [6, 6.07) is 12.2. The van der Waals surface area contributed by atoms with Crippen molar-refractivity contribution in [2.45, 2.75) is 19.3 Å². The Hall–Kier alpha value is -3.42. The smallest absolute Gasteiger partial charge is 0.269 e. The summed E-state index contributed by atoms with van der Waals surface area (Å²) in [6.45, 7) is 1.59. The van der Waals surface area contributed by atoms with E-state index in [1.165, 1.54) is 30.7 Å². The Morgan fingerprint density at radius 3 is 2.07 bits per heavy atom. The molecule has 2 N–H and O–H groups in total. The number of anilines is 1. The molecule has 0 saturated carbocycles. The molecule has 0 aliphatic carbocycles. The monoisotopic (exact) mass is 368 g/mol. The van der Waals surface area contributed by atoms with E-state index in [0.29, 0.717) is 16.8 Å². The molecule has 1 saturated heterocycles. The van der Waals surface area contributed by atoms with Crippen molar-refractivity contribution in [2.24, 2.45) is 0 Å². The topological polar surface area (TPSA) is 105 Å². The standard InChI is InChI=1S/C19H20N4O4/c24-18(14-6-10-17(11-7-14)23(26)27)21-20-16-8-4-15(5-9-16)19(25)22-12-2-1-3-13-22/h4-11,20H,1-3,12-13H2,(H,21,24). The molecule has 2 aromatic carbocycles. The van der Waals surface area contributed by atoms with Gasteiger partial charge in [-0.3, -0.25) is 30.6 Å². The first kappa shape index (κ1) is 18.4. The summed E-state index contributed by atoms with van der Waals surface area (Å²) in [7, 11) is 0. The third-order valence-corrected chi connectivity index (χ3v) is 4.44. The number of hydrogen-bond donors (Lipinski definition) is 2. The van der Waals surface area contributed by atoms with Crippen molar-refractivity contribution in [3.05, 3.63) is 69.8 Å². The highest BCUT2D eigenvalue weighted by molar-refractivity contribution is 5.96. The van der Waals surface area contributed by atoms with Gasteiger partial charge in [-0.1, -0.05) is 0 Å². The van der Waals surface area contributed by atoms with Gasteiger partial charge in [-0.25, -0.2) is 0 Å². The molecule has 0 aromatic heterocycles. The molecular formula is C19H20N4O4. The van der Waals surface area contributed by atoms with Crippen molar-refractivity contribution < 1.29 is 14.5 Å². The molecule has 0 unspecified atom stereocenters. The first-order chi connectivity index (χ1) is 13.0. The summed E-state index contributed by atoms with van der Waals surface area (Å²) in [5, 5.41) is 10.6. The Morgan fingerprint density at radius 2 is 1.48 bits per heavy atom. The van der Waals surface area contributed by atoms with Crippen LogP contribution in [-0.2, 0) is 0 Å². The number of hydrazine groups is 1. The van der Waals surface area contributed by atoms with Crippen LogP contribution < -0.4 is 10.9 Å². The van der Waals surface area contributed by atoms with Gasteiger partial charge in [0.1, 0.15) is 0 Å². The minimum Gasteiger partial charge on any atom is -0.339 e. The fraction of sp³-hybridized carbons (Fsp3) is 0.263. The van der Waals surface area contributed by atoms with Crippen molar-refractivity contribution in [3.8, 4) is 0 Å². The quantitative estimate of drug-likeness (QED) is 0.624. The predicted molar refractivity (Wildman–Crippen MR) is 100 cm³/mol. The molecule has 1 aliphatic heterocycles. The van der Waals surface area contributed by atoms with Gasteiger partial charge in [-0.05, 0) is 55.7 Å². The van der Waals surface area contributed by atoms with Crippen LogP contribution in [0.5, 0.6) is 0 Å².